The molecule has 1 aromatic heterocycles. The third-order valence-electron chi connectivity index (χ3n) is 4.28. The number of amides is 1. The number of hydrogen-bond donors (Lipinski definition) is 1. The van der Waals surface area contributed by atoms with Crippen molar-refractivity contribution in [1.82, 2.24) is 20.2 Å². The SMILES string of the molecule is CCCN1CC(NCc2cnc(-c3cccc(C)c3)nc2)CC1=O. The van der Waals surface area contributed by atoms with Crippen LogP contribution in [0.4, 0.5) is 0 Å². The fourth-order valence-corrected chi connectivity index (χ4v) is 3.04. The summed E-state index contributed by atoms with van der Waals surface area (Å²) in [5.74, 6) is 0.994. The lowest BCUT2D eigenvalue weighted by atomic mass is 10.1. The van der Waals surface area contributed by atoms with Crippen LogP contribution in [0, 0.1) is 6.92 Å². The van der Waals surface area contributed by atoms with E-state index in [0.29, 0.717) is 13.0 Å². The number of nitrogens with one attached hydrogen (secondary N) is 1. The van der Waals surface area contributed by atoms with E-state index in [1.54, 1.807) is 0 Å². The van der Waals surface area contributed by atoms with E-state index in [0.717, 1.165) is 36.5 Å². The van der Waals surface area contributed by atoms with Gasteiger partial charge in [-0.15, -0.1) is 0 Å². The van der Waals surface area contributed by atoms with E-state index in [-0.39, 0.29) is 11.9 Å². The van der Waals surface area contributed by atoms with Gasteiger partial charge < -0.3 is 10.2 Å². The summed E-state index contributed by atoms with van der Waals surface area (Å²) in [5.41, 5.74) is 3.27. The molecule has 0 saturated carbocycles. The lowest BCUT2D eigenvalue weighted by Gasteiger charge is -2.16. The maximum atomic E-state index is 11.9. The van der Waals surface area contributed by atoms with Crippen molar-refractivity contribution >= 4 is 5.91 Å². The van der Waals surface area contributed by atoms with Gasteiger partial charge in [0.1, 0.15) is 0 Å². The fraction of sp³-hybridized carbons (Fsp3) is 0.421. The summed E-state index contributed by atoms with van der Waals surface area (Å²) < 4.78 is 0. The summed E-state index contributed by atoms with van der Waals surface area (Å²) in [6.45, 7) is 6.50. The molecule has 1 amide bonds. The standard InChI is InChI=1S/C19H24N4O/c1-3-7-23-13-17(9-18(23)24)20-10-15-11-21-19(22-12-15)16-6-4-5-14(2)8-16/h4-6,8,11-12,17,20H,3,7,9-10,13H2,1-2H3. The second-order valence-electron chi connectivity index (χ2n) is 6.41. The molecule has 1 unspecified atom stereocenters. The predicted molar refractivity (Wildman–Crippen MR) is 94.3 cm³/mol. The van der Waals surface area contributed by atoms with E-state index in [1.165, 1.54) is 5.56 Å². The van der Waals surface area contributed by atoms with Crippen molar-refractivity contribution in [3.8, 4) is 11.4 Å². The highest BCUT2D eigenvalue weighted by atomic mass is 16.2. The molecule has 1 aliphatic heterocycles. The molecular weight excluding hydrogens is 300 g/mol. The van der Waals surface area contributed by atoms with E-state index >= 15 is 0 Å². The molecule has 1 fully saturated rings. The Hall–Kier alpha value is -2.27. The summed E-state index contributed by atoms with van der Waals surface area (Å²) in [5, 5.41) is 3.44. The molecular formula is C19H24N4O. The zero-order chi connectivity index (χ0) is 16.9. The number of benzene rings is 1. The van der Waals surface area contributed by atoms with Gasteiger partial charge in [-0.25, -0.2) is 9.97 Å². The molecule has 1 N–H and O–H groups in total. The first-order valence-corrected chi connectivity index (χ1v) is 8.55. The molecule has 2 aromatic rings. The van der Waals surface area contributed by atoms with Gasteiger partial charge in [-0.1, -0.05) is 30.7 Å². The van der Waals surface area contributed by atoms with E-state index < -0.39 is 0 Å². The first-order valence-electron chi connectivity index (χ1n) is 8.55. The first kappa shape index (κ1) is 16.6. The molecule has 1 aromatic carbocycles. The Kier molecular flexibility index (Phi) is 5.20. The highest BCUT2D eigenvalue weighted by Crippen LogP contribution is 2.16. The second-order valence-corrected chi connectivity index (χ2v) is 6.41. The largest absolute Gasteiger partial charge is 0.341 e. The van der Waals surface area contributed by atoms with Crippen LogP contribution >= 0.6 is 0 Å². The van der Waals surface area contributed by atoms with Gasteiger partial charge in [-0.05, 0) is 19.4 Å². The Balaban J connectivity index is 1.56. The fourth-order valence-electron chi connectivity index (χ4n) is 3.04. The smallest absolute Gasteiger partial charge is 0.224 e. The van der Waals surface area contributed by atoms with Crippen LogP contribution < -0.4 is 5.32 Å². The van der Waals surface area contributed by atoms with E-state index in [1.807, 2.05) is 29.4 Å². The van der Waals surface area contributed by atoms with Crippen molar-refractivity contribution in [1.29, 1.82) is 0 Å². The van der Waals surface area contributed by atoms with E-state index in [9.17, 15) is 4.79 Å². The maximum Gasteiger partial charge on any atom is 0.224 e. The number of carbonyl (C=O) groups excluding carboxylic acids is 1. The number of likely N-dealkylation sites (tertiary alicyclic amines) is 1. The van der Waals surface area contributed by atoms with Gasteiger partial charge in [0, 0.05) is 55.6 Å². The van der Waals surface area contributed by atoms with Crippen LogP contribution in [0.3, 0.4) is 0 Å². The summed E-state index contributed by atoms with van der Waals surface area (Å²) in [6, 6.07) is 8.40. The van der Waals surface area contributed by atoms with Crippen LogP contribution in [-0.2, 0) is 11.3 Å². The molecule has 5 heteroatoms. The molecule has 0 radical (unpaired) electrons. The molecule has 2 heterocycles. The molecule has 1 saturated heterocycles. The number of hydrogen-bond acceptors (Lipinski definition) is 4. The Morgan fingerprint density at radius 1 is 1.29 bits per heavy atom. The minimum absolute atomic E-state index is 0.223. The predicted octanol–water partition coefficient (Wildman–Crippen LogP) is 2.55. The first-order chi connectivity index (χ1) is 11.7. The van der Waals surface area contributed by atoms with Gasteiger partial charge in [0.05, 0.1) is 0 Å². The molecule has 0 spiro atoms. The van der Waals surface area contributed by atoms with Crippen LogP contribution in [0.25, 0.3) is 11.4 Å². The lowest BCUT2D eigenvalue weighted by Crippen LogP contribution is -2.32. The average Bonchev–Trinajstić information content (AvgIpc) is 2.94. The minimum atomic E-state index is 0.223. The van der Waals surface area contributed by atoms with E-state index in [2.05, 4.69) is 41.3 Å². The highest BCUT2D eigenvalue weighted by molar-refractivity contribution is 5.79. The van der Waals surface area contributed by atoms with Crippen molar-refractivity contribution in [3.05, 3.63) is 47.8 Å². The summed E-state index contributed by atoms with van der Waals surface area (Å²) in [6.07, 6.45) is 5.31. The van der Waals surface area contributed by atoms with E-state index in [4.69, 9.17) is 0 Å². The van der Waals surface area contributed by atoms with Crippen molar-refractivity contribution in [2.45, 2.75) is 39.3 Å². The molecule has 5 nitrogen and oxygen atoms in total. The van der Waals surface area contributed by atoms with Gasteiger partial charge in [0.25, 0.3) is 0 Å². The van der Waals surface area contributed by atoms with Crippen molar-refractivity contribution < 1.29 is 4.79 Å². The molecule has 1 atom stereocenters. The number of aryl methyl sites for hydroxylation is 1. The molecule has 1 aliphatic rings. The Morgan fingerprint density at radius 2 is 2.08 bits per heavy atom. The van der Waals surface area contributed by atoms with Crippen LogP contribution in [0.15, 0.2) is 36.7 Å². The number of rotatable bonds is 6. The molecule has 3 rings (SSSR count). The summed E-state index contributed by atoms with van der Waals surface area (Å²) in [4.78, 5) is 22.7. The highest BCUT2D eigenvalue weighted by Gasteiger charge is 2.28. The molecule has 24 heavy (non-hydrogen) atoms. The van der Waals surface area contributed by atoms with Crippen LogP contribution in [-0.4, -0.2) is 39.9 Å². The summed E-state index contributed by atoms with van der Waals surface area (Å²) >= 11 is 0. The number of aromatic nitrogens is 2. The Morgan fingerprint density at radius 3 is 2.79 bits per heavy atom. The van der Waals surface area contributed by atoms with Crippen molar-refractivity contribution in [2.75, 3.05) is 13.1 Å². The molecule has 0 bridgehead atoms. The van der Waals surface area contributed by atoms with Gasteiger partial charge in [-0.3, -0.25) is 4.79 Å². The van der Waals surface area contributed by atoms with Crippen LogP contribution in [0.1, 0.15) is 30.9 Å². The molecule has 126 valence electrons. The average molecular weight is 324 g/mol. The quantitative estimate of drug-likeness (QED) is 0.887. The monoisotopic (exact) mass is 324 g/mol. The maximum absolute atomic E-state index is 11.9. The van der Waals surface area contributed by atoms with Crippen LogP contribution in [0.2, 0.25) is 0 Å². The Labute approximate surface area is 143 Å². The van der Waals surface area contributed by atoms with Gasteiger partial charge >= 0.3 is 0 Å². The van der Waals surface area contributed by atoms with Gasteiger partial charge in [0.2, 0.25) is 5.91 Å². The zero-order valence-electron chi connectivity index (χ0n) is 14.3. The topological polar surface area (TPSA) is 58.1 Å². The van der Waals surface area contributed by atoms with Crippen LogP contribution in [0.5, 0.6) is 0 Å². The number of carbonyl (C=O) groups is 1. The Bertz CT molecular complexity index is 699. The third kappa shape index (κ3) is 3.97. The third-order valence-corrected chi connectivity index (χ3v) is 4.28. The normalized spacial score (nSPS) is 17.5. The van der Waals surface area contributed by atoms with Gasteiger partial charge in [-0.2, -0.15) is 0 Å². The van der Waals surface area contributed by atoms with Gasteiger partial charge in [0.15, 0.2) is 5.82 Å². The molecule has 0 aliphatic carbocycles. The lowest BCUT2D eigenvalue weighted by molar-refractivity contribution is -0.127. The summed E-state index contributed by atoms with van der Waals surface area (Å²) in [7, 11) is 0. The zero-order valence-corrected chi connectivity index (χ0v) is 14.3. The van der Waals surface area contributed by atoms with Crippen molar-refractivity contribution in [2.24, 2.45) is 0 Å². The minimum Gasteiger partial charge on any atom is -0.341 e. The second kappa shape index (κ2) is 7.53. The number of nitrogens with zero attached hydrogens (tertiary/aromatic N) is 3. The van der Waals surface area contributed by atoms with Crippen molar-refractivity contribution in [3.63, 3.8) is 0 Å².